The molecular formula is C44H35N3Si. The molecule has 8 rings (SSSR count). The second-order valence-corrected chi connectivity index (χ2v) is 18.4. The minimum Gasteiger partial charge on any atom is -0.310 e. The molecule has 0 atom stereocenters. The fourth-order valence-corrected chi connectivity index (χ4v) is 8.12. The smallest absolute Gasteiger partial charge is 0.187 e. The van der Waals surface area contributed by atoms with Crippen LogP contribution < -0.4 is 15.0 Å². The topological polar surface area (TPSA) is 10.8 Å². The minimum absolute atomic E-state index is 0.636. The van der Waals surface area contributed by atoms with E-state index in [1.807, 2.05) is 12.1 Å². The molecule has 0 aliphatic rings. The number of nitrogens with zero attached hydrogens (tertiary/aromatic N) is 3. The van der Waals surface area contributed by atoms with Crippen LogP contribution in [0.25, 0.3) is 37.2 Å². The molecule has 3 nitrogen and oxygen atoms in total. The maximum absolute atomic E-state index is 7.53. The first-order valence-electron chi connectivity index (χ1n) is 16.4. The summed E-state index contributed by atoms with van der Waals surface area (Å²) in [7, 11) is -1.47. The van der Waals surface area contributed by atoms with Crippen LogP contribution in [0.15, 0.2) is 158 Å². The fraction of sp³-hybridized carbons (Fsp3) is 0.0682. The second-order valence-electron chi connectivity index (χ2n) is 13.4. The molecule has 0 spiro atoms. The summed E-state index contributed by atoms with van der Waals surface area (Å²) in [6.45, 7) is 14.7. The van der Waals surface area contributed by atoms with Crippen molar-refractivity contribution >= 4 is 85.4 Å². The van der Waals surface area contributed by atoms with Crippen LogP contribution in [0.3, 0.4) is 0 Å². The van der Waals surface area contributed by atoms with E-state index in [2.05, 4.69) is 180 Å². The van der Waals surface area contributed by atoms with Gasteiger partial charge in [0.1, 0.15) is 0 Å². The van der Waals surface area contributed by atoms with Gasteiger partial charge in [-0.25, -0.2) is 4.85 Å². The Morgan fingerprint density at radius 3 is 1.25 bits per heavy atom. The van der Waals surface area contributed by atoms with Crippen molar-refractivity contribution in [3.63, 3.8) is 0 Å². The third-order valence-corrected chi connectivity index (χ3v) is 11.4. The van der Waals surface area contributed by atoms with Crippen LogP contribution in [0.4, 0.5) is 39.8 Å². The highest BCUT2D eigenvalue weighted by molar-refractivity contribution is 6.88. The molecule has 0 bridgehead atoms. The van der Waals surface area contributed by atoms with Crippen molar-refractivity contribution in [3.05, 3.63) is 169 Å². The lowest BCUT2D eigenvalue weighted by Gasteiger charge is -2.29. The van der Waals surface area contributed by atoms with Crippen LogP contribution in [0.1, 0.15) is 0 Å². The molecule has 0 aromatic heterocycles. The summed E-state index contributed by atoms with van der Waals surface area (Å²) in [4.78, 5) is 8.36. The van der Waals surface area contributed by atoms with E-state index in [9.17, 15) is 0 Å². The largest absolute Gasteiger partial charge is 0.310 e. The Balaban J connectivity index is 1.38. The molecule has 8 aromatic rings. The lowest BCUT2D eigenvalue weighted by molar-refractivity contribution is 1.30. The average Bonchev–Trinajstić information content (AvgIpc) is 3.13. The van der Waals surface area contributed by atoms with E-state index in [-0.39, 0.29) is 0 Å². The molecule has 0 amide bonds. The molecule has 0 aliphatic heterocycles. The summed E-state index contributed by atoms with van der Waals surface area (Å²) in [5.41, 5.74) is 7.26. The summed E-state index contributed by atoms with van der Waals surface area (Å²) in [5, 5.41) is 8.79. The molecule has 0 fully saturated rings. The fourth-order valence-electron chi connectivity index (χ4n) is 6.96. The van der Waals surface area contributed by atoms with Gasteiger partial charge < -0.3 is 9.80 Å². The molecular weight excluding hydrogens is 599 g/mol. The minimum atomic E-state index is -1.47. The summed E-state index contributed by atoms with van der Waals surface area (Å²) >= 11 is 0. The molecule has 0 N–H and O–H groups in total. The van der Waals surface area contributed by atoms with Crippen LogP contribution in [-0.2, 0) is 0 Å². The van der Waals surface area contributed by atoms with Gasteiger partial charge in [0.2, 0.25) is 0 Å². The van der Waals surface area contributed by atoms with Gasteiger partial charge in [-0.1, -0.05) is 122 Å². The molecule has 48 heavy (non-hydrogen) atoms. The van der Waals surface area contributed by atoms with Crippen molar-refractivity contribution < 1.29 is 0 Å². The maximum Gasteiger partial charge on any atom is 0.187 e. The summed E-state index contributed by atoms with van der Waals surface area (Å²) < 4.78 is 0. The number of para-hydroxylation sites is 2. The number of hydrogen-bond donors (Lipinski definition) is 0. The van der Waals surface area contributed by atoms with E-state index in [1.165, 1.54) is 37.5 Å². The third-order valence-electron chi connectivity index (χ3n) is 9.36. The summed E-state index contributed by atoms with van der Waals surface area (Å²) in [5.74, 6) is 0. The standard InChI is InChI=1S/C44H35N3Si/c1-45-33-19-21-36(22-20-33)47(37-23-25-38(26-24-37)48(2,3)4)42-30-18-32-15-27-39-41(29-17-31-16-28-40(42)44(32)43(31)39)46(34-11-7-5-8-12-34)35-13-9-6-10-14-35/h5-30H,2-4H3. The normalized spacial score (nSPS) is 11.6. The third kappa shape index (κ3) is 5.06. The number of benzene rings is 8. The van der Waals surface area contributed by atoms with Gasteiger partial charge in [-0.05, 0) is 82.2 Å². The second kappa shape index (κ2) is 11.7. The van der Waals surface area contributed by atoms with Gasteiger partial charge in [-0.3, -0.25) is 0 Å². The number of anilines is 6. The Labute approximate surface area is 283 Å². The van der Waals surface area contributed by atoms with E-state index >= 15 is 0 Å². The SMILES string of the molecule is [C-]#[N+]c1ccc(N(c2ccc([Si](C)(C)C)cc2)c2ccc3ccc4c(N(c5ccccc5)c5ccccc5)ccc5ccc2c3c54)cc1. The first-order chi connectivity index (χ1) is 23.4. The van der Waals surface area contributed by atoms with Crippen LogP contribution in [0.5, 0.6) is 0 Å². The van der Waals surface area contributed by atoms with E-state index in [0.29, 0.717) is 5.69 Å². The first kappa shape index (κ1) is 29.5. The van der Waals surface area contributed by atoms with Gasteiger partial charge >= 0.3 is 0 Å². The lowest BCUT2D eigenvalue weighted by Crippen LogP contribution is -2.37. The number of rotatable bonds is 7. The molecule has 0 saturated carbocycles. The molecule has 0 aliphatic carbocycles. The van der Waals surface area contributed by atoms with E-state index in [0.717, 1.165) is 34.1 Å². The Morgan fingerprint density at radius 1 is 0.438 bits per heavy atom. The van der Waals surface area contributed by atoms with Crippen molar-refractivity contribution in [1.29, 1.82) is 0 Å². The van der Waals surface area contributed by atoms with E-state index < -0.39 is 8.07 Å². The van der Waals surface area contributed by atoms with Gasteiger partial charge in [-0.15, -0.1) is 0 Å². The molecule has 0 saturated heterocycles. The van der Waals surface area contributed by atoms with Gasteiger partial charge in [0.25, 0.3) is 0 Å². The van der Waals surface area contributed by atoms with Crippen molar-refractivity contribution in [2.24, 2.45) is 0 Å². The quantitative estimate of drug-likeness (QED) is 0.0982. The predicted molar refractivity (Wildman–Crippen MR) is 209 cm³/mol. The molecule has 230 valence electrons. The highest BCUT2D eigenvalue weighted by atomic mass is 28.3. The Bertz CT molecular complexity index is 2380. The zero-order chi connectivity index (χ0) is 32.8. The average molecular weight is 634 g/mol. The monoisotopic (exact) mass is 633 g/mol. The molecule has 0 radical (unpaired) electrons. The summed E-state index contributed by atoms with van der Waals surface area (Å²) in [6, 6.07) is 56.4. The molecule has 0 heterocycles. The van der Waals surface area contributed by atoms with Crippen LogP contribution in [0, 0.1) is 6.57 Å². The van der Waals surface area contributed by atoms with Gasteiger partial charge in [-0.2, -0.15) is 0 Å². The highest BCUT2D eigenvalue weighted by Crippen LogP contribution is 2.47. The highest BCUT2D eigenvalue weighted by Gasteiger charge is 2.22. The summed E-state index contributed by atoms with van der Waals surface area (Å²) in [6.07, 6.45) is 0. The van der Waals surface area contributed by atoms with Gasteiger partial charge in [0, 0.05) is 33.5 Å². The Morgan fingerprint density at radius 2 is 0.833 bits per heavy atom. The van der Waals surface area contributed by atoms with Crippen molar-refractivity contribution in [2.75, 3.05) is 9.80 Å². The molecule has 4 heteroatoms. The maximum atomic E-state index is 7.53. The van der Waals surface area contributed by atoms with Crippen molar-refractivity contribution in [1.82, 2.24) is 0 Å². The lowest BCUT2D eigenvalue weighted by atomic mass is 9.91. The van der Waals surface area contributed by atoms with Crippen LogP contribution in [-0.4, -0.2) is 8.07 Å². The molecule has 0 unspecified atom stereocenters. The zero-order valence-electron chi connectivity index (χ0n) is 27.4. The van der Waals surface area contributed by atoms with E-state index in [1.54, 1.807) is 0 Å². The van der Waals surface area contributed by atoms with Crippen molar-refractivity contribution in [2.45, 2.75) is 19.6 Å². The van der Waals surface area contributed by atoms with Crippen LogP contribution in [0.2, 0.25) is 19.6 Å². The van der Waals surface area contributed by atoms with Crippen molar-refractivity contribution in [3.8, 4) is 0 Å². The van der Waals surface area contributed by atoms with Crippen LogP contribution >= 0.6 is 0 Å². The Kier molecular flexibility index (Phi) is 7.21. The predicted octanol–water partition coefficient (Wildman–Crippen LogP) is 12.6. The molecule has 8 aromatic carbocycles. The first-order valence-corrected chi connectivity index (χ1v) is 19.9. The van der Waals surface area contributed by atoms with Gasteiger partial charge in [0.05, 0.1) is 26.0 Å². The number of hydrogen-bond acceptors (Lipinski definition) is 2. The van der Waals surface area contributed by atoms with Gasteiger partial charge in [0.15, 0.2) is 5.69 Å². The Hall–Kier alpha value is -5.89. The van der Waals surface area contributed by atoms with E-state index in [4.69, 9.17) is 6.57 Å². The zero-order valence-corrected chi connectivity index (χ0v) is 28.4.